The lowest BCUT2D eigenvalue weighted by atomic mass is 9.79. The number of hydrogen-bond acceptors (Lipinski definition) is 7. The van der Waals surface area contributed by atoms with E-state index in [1.54, 1.807) is 6.07 Å². The molecule has 158 valence electrons. The van der Waals surface area contributed by atoms with Gasteiger partial charge in [-0.3, -0.25) is 0 Å². The zero-order chi connectivity index (χ0) is 21.9. The number of aryl methyl sites for hydroxylation is 1. The number of nitrogens with two attached hydrogens (primary N) is 1. The van der Waals surface area contributed by atoms with E-state index < -0.39 is 11.5 Å². The standard InChI is InChI=1S/C24H17FN4O3/c1-13-8-21(32-29-13)15-3-6-20-18(10-15)24(12-30-23(26)28-24)17-9-14(2-5-19(17)31-20)16-4-7-22(25)27-11-16/h2-11H,12H2,1H3,(H2,26,28)/t24-/m0/s1. The third kappa shape index (κ3) is 2.76. The Morgan fingerprint density at radius 1 is 0.938 bits per heavy atom. The van der Waals surface area contributed by atoms with Crippen molar-refractivity contribution in [3.63, 3.8) is 0 Å². The van der Waals surface area contributed by atoms with E-state index in [0.29, 0.717) is 17.3 Å². The van der Waals surface area contributed by atoms with Crippen LogP contribution in [0.4, 0.5) is 4.39 Å². The quantitative estimate of drug-likeness (QED) is 0.471. The maximum Gasteiger partial charge on any atom is 0.283 e. The summed E-state index contributed by atoms with van der Waals surface area (Å²) in [5, 5.41) is 3.98. The van der Waals surface area contributed by atoms with E-state index >= 15 is 0 Å². The van der Waals surface area contributed by atoms with Gasteiger partial charge in [-0.15, -0.1) is 0 Å². The summed E-state index contributed by atoms with van der Waals surface area (Å²) >= 11 is 0. The first-order valence-corrected chi connectivity index (χ1v) is 10.0. The third-order valence-electron chi connectivity index (χ3n) is 5.77. The number of ether oxygens (including phenoxy) is 2. The van der Waals surface area contributed by atoms with Crippen molar-refractivity contribution < 1.29 is 18.4 Å². The zero-order valence-corrected chi connectivity index (χ0v) is 17.0. The molecule has 4 aromatic rings. The van der Waals surface area contributed by atoms with Gasteiger partial charge in [0.2, 0.25) is 5.95 Å². The Bertz CT molecular complexity index is 1400. The Morgan fingerprint density at radius 2 is 1.66 bits per heavy atom. The van der Waals surface area contributed by atoms with Crippen LogP contribution in [0.1, 0.15) is 16.8 Å². The SMILES string of the molecule is Cc1cc(-c2ccc3c(c2)[C@]2(COC(N)=N2)c2cc(-c4ccc(F)nc4)ccc2O3)on1. The highest BCUT2D eigenvalue weighted by molar-refractivity contribution is 5.78. The third-order valence-corrected chi connectivity index (χ3v) is 5.77. The summed E-state index contributed by atoms with van der Waals surface area (Å²) in [4.78, 5) is 8.49. The van der Waals surface area contributed by atoms with Gasteiger partial charge in [-0.05, 0) is 55.0 Å². The Labute approximate surface area is 182 Å². The highest BCUT2D eigenvalue weighted by atomic mass is 19.1. The molecule has 0 saturated carbocycles. The van der Waals surface area contributed by atoms with Crippen molar-refractivity contribution in [1.29, 1.82) is 0 Å². The average Bonchev–Trinajstić information content (AvgIpc) is 3.41. The minimum absolute atomic E-state index is 0.110. The number of hydrogen-bond donors (Lipinski definition) is 1. The van der Waals surface area contributed by atoms with Crippen LogP contribution in [0, 0.1) is 12.9 Å². The van der Waals surface area contributed by atoms with E-state index in [1.807, 2.05) is 49.4 Å². The number of rotatable bonds is 2. The largest absolute Gasteiger partial charge is 0.462 e. The minimum Gasteiger partial charge on any atom is -0.462 e. The number of aliphatic imine (C=N–C) groups is 1. The van der Waals surface area contributed by atoms with E-state index in [2.05, 4.69) is 10.1 Å². The monoisotopic (exact) mass is 428 g/mol. The molecular formula is C24H17FN4O3. The Balaban J connectivity index is 1.54. The molecule has 1 spiro atoms. The molecule has 2 aliphatic heterocycles. The van der Waals surface area contributed by atoms with E-state index in [-0.39, 0.29) is 12.6 Å². The Hall–Kier alpha value is -4.20. The number of pyridine rings is 1. The second-order valence-electron chi connectivity index (χ2n) is 7.83. The summed E-state index contributed by atoms with van der Waals surface area (Å²) in [5.74, 6) is 1.43. The highest BCUT2D eigenvalue weighted by Gasteiger charge is 2.47. The molecule has 7 nitrogen and oxygen atoms in total. The van der Waals surface area contributed by atoms with Gasteiger partial charge < -0.3 is 19.7 Å². The number of aromatic nitrogens is 2. The molecular weight excluding hydrogens is 411 g/mol. The van der Waals surface area contributed by atoms with Crippen molar-refractivity contribution in [2.24, 2.45) is 10.7 Å². The number of amidine groups is 1. The van der Waals surface area contributed by atoms with Gasteiger partial charge >= 0.3 is 0 Å². The summed E-state index contributed by atoms with van der Waals surface area (Å²) in [6.07, 6.45) is 1.49. The van der Waals surface area contributed by atoms with E-state index in [0.717, 1.165) is 33.5 Å². The van der Waals surface area contributed by atoms with Crippen molar-refractivity contribution in [2.45, 2.75) is 12.5 Å². The molecule has 0 amide bonds. The second kappa shape index (κ2) is 6.65. The van der Waals surface area contributed by atoms with Gasteiger partial charge in [-0.1, -0.05) is 11.2 Å². The molecule has 2 aromatic heterocycles. The lowest BCUT2D eigenvalue weighted by Crippen LogP contribution is -2.31. The van der Waals surface area contributed by atoms with Crippen molar-refractivity contribution >= 4 is 6.02 Å². The van der Waals surface area contributed by atoms with Crippen LogP contribution in [0.3, 0.4) is 0 Å². The molecule has 2 aromatic carbocycles. The van der Waals surface area contributed by atoms with Gasteiger partial charge in [0.1, 0.15) is 18.1 Å². The van der Waals surface area contributed by atoms with Gasteiger partial charge in [0.15, 0.2) is 11.3 Å². The molecule has 0 bridgehead atoms. The molecule has 2 aliphatic rings. The van der Waals surface area contributed by atoms with Crippen molar-refractivity contribution in [2.75, 3.05) is 6.61 Å². The molecule has 8 heteroatoms. The van der Waals surface area contributed by atoms with Crippen LogP contribution >= 0.6 is 0 Å². The van der Waals surface area contributed by atoms with Crippen molar-refractivity contribution in [3.8, 4) is 33.9 Å². The second-order valence-corrected chi connectivity index (χ2v) is 7.83. The lowest BCUT2D eigenvalue weighted by Gasteiger charge is -2.34. The number of benzene rings is 2. The van der Waals surface area contributed by atoms with Crippen molar-refractivity contribution in [3.05, 3.63) is 83.6 Å². The fourth-order valence-electron chi connectivity index (χ4n) is 4.23. The van der Waals surface area contributed by atoms with Crippen LogP contribution in [0.2, 0.25) is 0 Å². The zero-order valence-electron chi connectivity index (χ0n) is 17.0. The van der Waals surface area contributed by atoms with Gasteiger partial charge in [0.25, 0.3) is 6.02 Å². The first kappa shape index (κ1) is 18.6. The van der Waals surface area contributed by atoms with Crippen LogP contribution in [0.15, 0.2) is 70.3 Å². The number of halogens is 1. The summed E-state index contributed by atoms with van der Waals surface area (Å²) in [7, 11) is 0. The predicted molar refractivity (Wildman–Crippen MR) is 115 cm³/mol. The Morgan fingerprint density at radius 3 is 2.28 bits per heavy atom. The van der Waals surface area contributed by atoms with E-state index in [9.17, 15) is 4.39 Å². The normalized spacial score (nSPS) is 18.5. The summed E-state index contributed by atoms with van der Waals surface area (Å²) in [6.45, 7) is 2.10. The van der Waals surface area contributed by atoms with Gasteiger partial charge in [0, 0.05) is 34.5 Å². The summed E-state index contributed by atoms with van der Waals surface area (Å²) < 4.78 is 30.6. The molecule has 1 atom stereocenters. The highest BCUT2D eigenvalue weighted by Crippen LogP contribution is 2.52. The van der Waals surface area contributed by atoms with E-state index in [4.69, 9.17) is 24.7 Å². The summed E-state index contributed by atoms with van der Waals surface area (Å²) in [6, 6.07) is 16.5. The van der Waals surface area contributed by atoms with E-state index in [1.165, 1.54) is 12.3 Å². The fraction of sp³-hybridized carbons (Fsp3) is 0.125. The average molecular weight is 428 g/mol. The smallest absolute Gasteiger partial charge is 0.283 e. The first-order valence-electron chi connectivity index (χ1n) is 10.0. The topological polar surface area (TPSA) is 95.8 Å². The molecule has 0 fully saturated rings. The molecule has 0 unspecified atom stereocenters. The molecule has 32 heavy (non-hydrogen) atoms. The molecule has 4 heterocycles. The maximum atomic E-state index is 13.3. The number of fused-ring (bicyclic) bond motifs is 4. The van der Waals surface area contributed by atoms with Gasteiger partial charge in [-0.25, -0.2) is 9.98 Å². The molecule has 0 radical (unpaired) electrons. The molecule has 0 aliphatic carbocycles. The van der Waals surface area contributed by atoms with Crippen LogP contribution in [0.5, 0.6) is 11.5 Å². The van der Waals surface area contributed by atoms with Gasteiger partial charge in [-0.2, -0.15) is 4.39 Å². The maximum absolute atomic E-state index is 13.3. The minimum atomic E-state index is -0.887. The van der Waals surface area contributed by atoms with Crippen molar-refractivity contribution in [1.82, 2.24) is 10.1 Å². The van der Waals surface area contributed by atoms with Crippen LogP contribution in [-0.2, 0) is 10.3 Å². The predicted octanol–water partition coefficient (Wildman–Crippen LogP) is 4.55. The van der Waals surface area contributed by atoms with Crippen LogP contribution in [0.25, 0.3) is 22.5 Å². The Kier molecular flexibility index (Phi) is 3.86. The molecule has 2 N–H and O–H groups in total. The van der Waals surface area contributed by atoms with Crippen LogP contribution in [-0.4, -0.2) is 22.8 Å². The number of nitrogens with zero attached hydrogens (tertiary/aromatic N) is 3. The summed E-state index contributed by atoms with van der Waals surface area (Å²) in [5.41, 5.74) is 9.97. The van der Waals surface area contributed by atoms with Gasteiger partial charge in [0.05, 0.1) is 5.69 Å². The molecule has 0 saturated heterocycles. The lowest BCUT2D eigenvalue weighted by molar-refractivity contribution is 0.264. The fourth-order valence-corrected chi connectivity index (χ4v) is 4.23. The van der Waals surface area contributed by atoms with Crippen LogP contribution < -0.4 is 10.5 Å². The first-order chi connectivity index (χ1) is 15.5. The molecule has 6 rings (SSSR count).